The van der Waals surface area contributed by atoms with Crippen molar-refractivity contribution in [1.82, 2.24) is 10.2 Å². The Morgan fingerprint density at radius 3 is 2.52 bits per heavy atom. The number of benzene rings is 1. The summed E-state index contributed by atoms with van der Waals surface area (Å²) in [5.41, 5.74) is 2.03. The van der Waals surface area contributed by atoms with Crippen molar-refractivity contribution < 1.29 is 4.39 Å². The Morgan fingerprint density at radius 1 is 1.14 bits per heavy atom. The molecule has 1 fully saturated rings. The van der Waals surface area contributed by atoms with E-state index in [2.05, 4.69) is 24.1 Å². The molecule has 0 unspecified atom stereocenters. The van der Waals surface area contributed by atoms with Crippen LogP contribution in [0.1, 0.15) is 50.7 Å². The van der Waals surface area contributed by atoms with Gasteiger partial charge in [-0.05, 0) is 50.0 Å². The van der Waals surface area contributed by atoms with Crippen LogP contribution in [0.2, 0.25) is 0 Å². The first-order valence-electron chi connectivity index (χ1n) is 8.35. The second kappa shape index (κ2) is 8.50. The second-order valence-electron chi connectivity index (χ2n) is 6.64. The van der Waals surface area contributed by atoms with Gasteiger partial charge in [-0.3, -0.25) is 4.90 Å². The van der Waals surface area contributed by atoms with Crippen LogP contribution in [0, 0.1) is 11.7 Å². The summed E-state index contributed by atoms with van der Waals surface area (Å²) in [6.07, 6.45) is 5.13. The highest BCUT2D eigenvalue weighted by molar-refractivity contribution is 5.25. The smallest absolute Gasteiger partial charge is 0.127 e. The van der Waals surface area contributed by atoms with Gasteiger partial charge in [0.05, 0.1) is 0 Å². The van der Waals surface area contributed by atoms with Crippen molar-refractivity contribution in [2.75, 3.05) is 19.6 Å². The van der Waals surface area contributed by atoms with E-state index in [0.29, 0.717) is 5.92 Å². The third-order valence-electron chi connectivity index (χ3n) is 4.08. The SMILES string of the molecule is CC(C)CNCc1ccc(F)c(CN2CCCCCC2)c1. The van der Waals surface area contributed by atoms with Gasteiger partial charge < -0.3 is 5.32 Å². The molecule has 1 aliphatic rings. The molecule has 118 valence electrons. The van der Waals surface area contributed by atoms with Crippen molar-refractivity contribution in [3.8, 4) is 0 Å². The zero-order chi connectivity index (χ0) is 15.1. The van der Waals surface area contributed by atoms with Gasteiger partial charge in [0, 0.05) is 18.7 Å². The molecule has 1 saturated heterocycles. The van der Waals surface area contributed by atoms with Crippen molar-refractivity contribution in [3.63, 3.8) is 0 Å². The lowest BCUT2D eigenvalue weighted by atomic mass is 10.1. The molecule has 1 aromatic carbocycles. The Kier molecular flexibility index (Phi) is 6.65. The average molecular weight is 292 g/mol. The molecule has 0 aliphatic carbocycles. The van der Waals surface area contributed by atoms with Crippen molar-refractivity contribution in [2.45, 2.75) is 52.6 Å². The van der Waals surface area contributed by atoms with Crippen LogP contribution in [0.15, 0.2) is 18.2 Å². The predicted octanol–water partition coefficient (Wildman–Crippen LogP) is 3.95. The summed E-state index contributed by atoms with van der Waals surface area (Å²) in [7, 11) is 0. The molecule has 21 heavy (non-hydrogen) atoms. The van der Waals surface area contributed by atoms with Gasteiger partial charge in [0.25, 0.3) is 0 Å². The second-order valence-corrected chi connectivity index (χ2v) is 6.64. The fourth-order valence-corrected chi connectivity index (χ4v) is 2.90. The number of likely N-dealkylation sites (tertiary alicyclic amines) is 1. The van der Waals surface area contributed by atoms with Gasteiger partial charge in [-0.1, -0.05) is 38.8 Å². The first kappa shape index (κ1) is 16.4. The van der Waals surface area contributed by atoms with E-state index >= 15 is 0 Å². The summed E-state index contributed by atoms with van der Waals surface area (Å²) >= 11 is 0. The zero-order valence-corrected chi connectivity index (χ0v) is 13.5. The van der Waals surface area contributed by atoms with Crippen LogP contribution >= 0.6 is 0 Å². The van der Waals surface area contributed by atoms with E-state index in [0.717, 1.165) is 38.3 Å². The highest BCUT2D eigenvalue weighted by atomic mass is 19.1. The van der Waals surface area contributed by atoms with Gasteiger partial charge in [-0.15, -0.1) is 0 Å². The number of hydrogen-bond acceptors (Lipinski definition) is 2. The van der Waals surface area contributed by atoms with Gasteiger partial charge in [0.2, 0.25) is 0 Å². The molecular formula is C18H29FN2. The van der Waals surface area contributed by atoms with E-state index in [9.17, 15) is 4.39 Å². The fourth-order valence-electron chi connectivity index (χ4n) is 2.90. The van der Waals surface area contributed by atoms with Gasteiger partial charge >= 0.3 is 0 Å². The minimum atomic E-state index is -0.0631. The topological polar surface area (TPSA) is 15.3 Å². The Hall–Kier alpha value is -0.930. The summed E-state index contributed by atoms with van der Waals surface area (Å²) in [6.45, 7) is 9.18. The largest absolute Gasteiger partial charge is 0.312 e. The first-order chi connectivity index (χ1) is 10.1. The normalized spacial score (nSPS) is 17.1. The molecule has 1 N–H and O–H groups in total. The van der Waals surface area contributed by atoms with Crippen molar-refractivity contribution in [2.24, 2.45) is 5.92 Å². The highest BCUT2D eigenvalue weighted by Crippen LogP contribution is 2.17. The minimum absolute atomic E-state index is 0.0631. The Bertz CT molecular complexity index is 423. The van der Waals surface area contributed by atoms with Crippen molar-refractivity contribution in [1.29, 1.82) is 0 Å². The molecule has 0 spiro atoms. The maximum atomic E-state index is 14.0. The molecule has 0 aromatic heterocycles. The first-order valence-corrected chi connectivity index (χ1v) is 8.35. The van der Waals surface area contributed by atoms with Crippen LogP contribution in [-0.4, -0.2) is 24.5 Å². The lowest BCUT2D eigenvalue weighted by Gasteiger charge is -2.20. The fraction of sp³-hybridized carbons (Fsp3) is 0.667. The zero-order valence-electron chi connectivity index (χ0n) is 13.5. The molecule has 0 amide bonds. The molecule has 2 rings (SSSR count). The number of hydrogen-bond donors (Lipinski definition) is 1. The van der Waals surface area contributed by atoms with E-state index in [1.165, 1.54) is 31.2 Å². The third kappa shape index (κ3) is 5.76. The van der Waals surface area contributed by atoms with Crippen LogP contribution in [0.25, 0.3) is 0 Å². The molecule has 1 heterocycles. The van der Waals surface area contributed by atoms with E-state index in [4.69, 9.17) is 0 Å². The molecule has 1 aromatic rings. The van der Waals surface area contributed by atoms with Crippen LogP contribution < -0.4 is 5.32 Å². The molecule has 0 atom stereocenters. The van der Waals surface area contributed by atoms with Crippen LogP contribution in [0.5, 0.6) is 0 Å². The van der Waals surface area contributed by atoms with Crippen LogP contribution in [0.3, 0.4) is 0 Å². The van der Waals surface area contributed by atoms with Gasteiger partial charge in [-0.25, -0.2) is 4.39 Å². The molecular weight excluding hydrogens is 263 g/mol. The van der Waals surface area contributed by atoms with Crippen LogP contribution in [0.4, 0.5) is 4.39 Å². The molecule has 1 aliphatic heterocycles. The van der Waals surface area contributed by atoms with Crippen LogP contribution in [-0.2, 0) is 13.1 Å². The summed E-state index contributed by atoms with van der Waals surface area (Å²) in [5, 5.41) is 3.43. The lowest BCUT2D eigenvalue weighted by molar-refractivity contribution is 0.273. The number of nitrogens with one attached hydrogen (secondary N) is 1. The molecule has 0 bridgehead atoms. The average Bonchev–Trinajstić information content (AvgIpc) is 2.70. The number of nitrogens with zero attached hydrogens (tertiary/aromatic N) is 1. The third-order valence-corrected chi connectivity index (χ3v) is 4.08. The Morgan fingerprint density at radius 2 is 1.86 bits per heavy atom. The standard InChI is InChI=1S/C18H29FN2/c1-15(2)12-20-13-16-7-8-18(19)17(11-16)14-21-9-5-3-4-6-10-21/h7-8,11,15,20H,3-6,9-10,12-14H2,1-2H3. The van der Waals surface area contributed by atoms with Crippen molar-refractivity contribution >= 4 is 0 Å². The summed E-state index contributed by atoms with van der Waals surface area (Å²) in [5.74, 6) is 0.578. The van der Waals surface area contributed by atoms with E-state index in [-0.39, 0.29) is 5.82 Å². The van der Waals surface area contributed by atoms with Gasteiger partial charge in [0.1, 0.15) is 5.82 Å². The van der Waals surface area contributed by atoms with E-state index < -0.39 is 0 Å². The summed E-state index contributed by atoms with van der Waals surface area (Å²) in [4.78, 5) is 2.40. The van der Waals surface area contributed by atoms with Gasteiger partial charge in [-0.2, -0.15) is 0 Å². The Balaban J connectivity index is 1.94. The molecule has 0 saturated carbocycles. The molecule has 3 heteroatoms. The number of rotatable bonds is 6. The maximum Gasteiger partial charge on any atom is 0.127 e. The molecule has 2 nitrogen and oxygen atoms in total. The van der Waals surface area contributed by atoms with Crippen molar-refractivity contribution in [3.05, 3.63) is 35.1 Å². The minimum Gasteiger partial charge on any atom is -0.312 e. The summed E-state index contributed by atoms with van der Waals surface area (Å²) in [6, 6.07) is 5.56. The Labute approximate surface area is 128 Å². The quantitative estimate of drug-likeness (QED) is 0.854. The molecule has 0 radical (unpaired) electrons. The van der Waals surface area contributed by atoms with Gasteiger partial charge in [0.15, 0.2) is 0 Å². The monoisotopic (exact) mass is 292 g/mol. The van der Waals surface area contributed by atoms with E-state index in [1.54, 1.807) is 6.07 Å². The lowest BCUT2D eigenvalue weighted by Crippen LogP contribution is -2.25. The highest BCUT2D eigenvalue weighted by Gasteiger charge is 2.12. The maximum absolute atomic E-state index is 14.0. The number of halogens is 1. The predicted molar refractivity (Wildman–Crippen MR) is 86.7 cm³/mol. The van der Waals surface area contributed by atoms with E-state index in [1.807, 2.05) is 12.1 Å². The summed E-state index contributed by atoms with van der Waals surface area (Å²) < 4.78 is 14.0.